The molecular formula is C33H36N4O3. The molecular weight excluding hydrogens is 500 g/mol. The fourth-order valence-electron chi connectivity index (χ4n) is 5.65. The number of nitrogens with zero attached hydrogens (tertiary/aromatic N) is 3. The van der Waals surface area contributed by atoms with Gasteiger partial charge >= 0.3 is 0 Å². The van der Waals surface area contributed by atoms with Crippen molar-refractivity contribution in [2.45, 2.75) is 51.7 Å². The number of carbonyl (C=O) groups is 3. The van der Waals surface area contributed by atoms with Crippen molar-refractivity contribution in [3.05, 3.63) is 90.1 Å². The van der Waals surface area contributed by atoms with E-state index < -0.39 is 12.1 Å². The van der Waals surface area contributed by atoms with E-state index in [4.69, 9.17) is 0 Å². The highest BCUT2D eigenvalue weighted by molar-refractivity contribution is 5.94. The Bertz CT molecular complexity index is 1550. The lowest BCUT2D eigenvalue weighted by molar-refractivity contribution is -0.146. The lowest BCUT2D eigenvalue weighted by Crippen LogP contribution is -2.54. The van der Waals surface area contributed by atoms with Crippen LogP contribution in [-0.2, 0) is 27.3 Å². The summed E-state index contributed by atoms with van der Waals surface area (Å²) in [6, 6.07) is 22.7. The Morgan fingerprint density at radius 3 is 2.40 bits per heavy atom. The summed E-state index contributed by atoms with van der Waals surface area (Å²) in [6.07, 6.45) is 2.82. The van der Waals surface area contributed by atoms with Gasteiger partial charge in [0.05, 0.1) is 5.52 Å². The van der Waals surface area contributed by atoms with Crippen LogP contribution >= 0.6 is 0 Å². The van der Waals surface area contributed by atoms with Crippen LogP contribution in [0.1, 0.15) is 37.8 Å². The Kier molecular flexibility index (Phi) is 8.10. The van der Waals surface area contributed by atoms with E-state index in [1.807, 2.05) is 74.5 Å². The van der Waals surface area contributed by atoms with Gasteiger partial charge in [-0.1, -0.05) is 74.5 Å². The molecule has 3 aromatic carbocycles. The van der Waals surface area contributed by atoms with Crippen LogP contribution in [0.15, 0.2) is 79.0 Å². The minimum absolute atomic E-state index is 0.0870. The first kappa shape index (κ1) is 27.3. The molecule has 0 bridgehead atoms. The summed E-state index contributed by atoms with van der Waals surface area (Å²) in [5, 5.41) is 5.95. The zero-order valence-electron chi connectivity index (χ0n) is 23.3. The summed E-state index contributed by atoms with van der Waals surface area (Å²) >= 11 is 0. The number of likely N-dealkylation sites (N-methyl/N-ethyl adjacent to an activating group) is 1. The van der Waals surface area contributed by atoms with E-state index in [2.05, 4.69) is 22.4 Å². The maximum absolute atomic E-state index is 14.2. The van der Waals surface area contributed by atoms with Gasteiger partial charge in [0.25, 0.3) is 0 Å². The van der Waals surface area contributed by atoms with Crippen molar-refractivity contribution in [2.24, 2.45) is 5.92 Å². The Balaban J connectivity index is 1.46. The summed E-state index contributed by atoms with van der Waals surface area (Å²) in [5.41, 5.74) is 2.73. The predicted octanol–water partition coefficient (Wildman–Crippen LogP) is 4.72. The predicted molar refractivity (Wildman–Crippen MR) is 157 cm³/mol. The van der Waals surface area contributed by atoms with Gasteiger partial charge in [-0.05, 0) is 46.4 Å². The van der Waals surface area contributed by atoms with E-state index in [-0.39, 0.29) is 36.6 Å². The highest BCUT2D eigenvalue weighted by Crippen LogP contribution is 2.26. The first-order valence-corrected chi connectivity index (χ1v) is 14.0. The molecule has 1 aliphatic heterocycles. The lowest BCUT2D eigenvalue weighted by atomic mass is 9.97. The number of carbonyl (C=O) groups excluding carboxylic acids is 3. The molecule has 2 heterocycles. The Morgan fingerprint density at radius 1 is 0.950 bits per heavy atom. The van der Waals surface area contributed by atoms with Crippen molar-refractivity contribution in [3.63, 3.8) is 0 Å². The summed E-state index contributed by atoms with van der Waals surface area (Å²) in [6.45, 7) is 4.59. The molecule has 0 spiro atoms. The van der Waals surface area contributed by atoms with Gasteiger partial charge in [-0.15, -0.1) is 0 Å². The third-order valence-electron chi connectivity index (χ3n) is 7.69. The molecule has 1 N–H and O–H groups in total. The van der Waals surface area contributed by atoms with Gasteiger partial charge in [0, 0.05) is 44.6 Å². The quantitative estimate of drug-likeness (QED) is 0.353. The van der Waals surface area contributed by atoms with Crippen LogP contribution in [0.4, 0.5) is 0 Å². The zero-order chi connectivity index (χ0) is 28.2. The minimum Gasteiger partial charge on any atom is -0.357 e. The summed E-state index contributed by atoms with van der Waals surface area (Å²) in [5.74, 6) is -0.319. The second-order valence-electron chi connectivity index (χ2n) is 11.0. The molecule has 2 atom stereocenters. The van der Waals surface area contributed by atoms with E-state index >= 15 is 0 Å². The fraction of sp³-hybridized carbons (Fsp3) is 0.333. The molecule has 0 saturated carbocycles. The number of amides is 3. The van der Waals surface area contributed by atoms with Gasteiger partial charge in [0.1, 0.15) is 12.1 Å². The molecule has 40 heavy (non-hydrogen) atoms. The number of hydrogen-bond donors (Lipinski definition) is 1. The molecule has 206 valence electrons. The molecule has 7 nitrogen and oxygen atoms in total. The number of hydrogen-bond acceptors (Lipinski definition) is 4. The minimum atomic E-state index is -0.719. The molecule has 7 heteroatoms. The maximum Gasteiger partial charge on any atom is 0.246 e. The third kappa shape index (κ3) is 5.83. The summed E-state index contributed by atoms with van der Waals surface area (Å²) in [4.78, 5) is 48.9. The molecule has 1 fully saturated rings. The number of fused-ring (bicyclic) bond motifs is 2. The molecule has 0 aliphatic carbocycles. The number of nitrogens with one attached hydrogen (secondary N) is 1. The second-order valence-corrected chi connectivity index (χ2v) is 11.0. The van der Waals surface area contributed by atoms with Crippen LogP contribution in [0.2, 0.25) is 0 Å². The molecule has 5 rings (SSSR count). The van der Waals surface area contributed by atoms with Gasteiger partial charge in [-0.2, -0.15) is 0 Å². The van der Waals surface area contributed by atoms with Crippen LogP contribution in [0.25, 0.3) is 21.7 Å². The SMILES string of the molecule is CNC(=O)[C@H](Cc1ccc2ccccc2c1)N1CCC(=O)N(Cc2cnc3ccccc3c2)[C@H](CC(C)C)C1=O. The van der Waals surface area contributed by atoms with Crippen molar-refractivity contribution < 1.29 is 14.4 Å². The molecule has 1 aromatic heterocycles. The maximum atomic E-state index is 14.2. The molecule has 4 aromatic rings. The van der Waals surface area contributed by atoms with E-state index in [0.717, 1.165) is 32.8 Å². The van der Waals surface area contributed by atoms with Gasteiger partial charge in [-0.3, -0.25) is 19.4 Å². The van der Waals surface area contributed by atoms with Gasteiger partial charge < -0.3 is 15.1 Å². The normalized spacial score (nSPS) is 16.9. The van der Waals surface area contributed by atoms with Crippen molar-refractivity contribution >= 4 is 39.4 Å². The van der Waals surface area contributed by atoms with Crippen LogP contribution in [0.5, 0.6) is 0 Å². The Hall–Kier alpha value is -4.26. The van der Waals surface area contributed by atoms with E-state index in [1.165, 1.54) is 0 Å². The smallest absolute Gasteiger partial charge is 0.246 e. The zero-order valence-corrected chi connectivity index (χ0v) is 23.3. The number of benzene rings is 3. The Labute approximate surface area is 235 Å². The van der Waals surface area contributed by atoms with E-state index in [9.17, 15) is 14.4 Å². The third-order valence-corrected chi connectivity index (χ3v) is 7.69. The molecule has 3 amide bonds. The number of rotatable bonds is 8. The number of pyridine rings is 1. The van der Waals surface area contributed by atoms with Gasteiger partial charge in [-0.25, -0.2) is 0 Å². The fourth-order valence-corrected chi connectivity index (χ4v) is 5.65. The molecule has 0 unspecified atom stereocenters. The van der Waals surface area contributed by atoms with Crippen molar-refractivity contribution in [1.29, 1.82) is 0 Å². The van der Waals surface area contributed by atoms with E-state index in [0.29, 0.717) is 19.4 Å². The number of para-hydroxylation sites is 1. The van der Waals surface area contributed by atoms with Crippen molar-refractivity contribution in [2.75, 3.05) is 13.6 Å². The first-order valence-electron chi connectivity index (χ1n) is 14.0. The van der Waals surface area contributed by atoms with E-state index in [1.54, 1.807) is 23.0 Å². The second kappa shape index (κ2) is 11.9. The van der Waals surface area contributed by atoms with Gasteiger partial charge in [0.2, 0.25) is 17.7 Å². The average molecular weight is 537 g/mol. The van der Waals surface area contributed by atoms with Crippen molar-refractivity contribution in [3.8, 4) is 0 Å². The van der Waals surface area contributed by atoms with Crippen LogP contribution in [0.3, 0.4) is 0 Å². The molecule has 0 radical (unpaired) electrons. The topological polar surface area (TPSA) is 82.6 Å². The summed E-state index contributed by atoms with van der Waals surface area (Å²) < 4.78 is 0. The Morgan fingerprint density at radius 2 is 1.65 bits per heavy atom. The van der Waals surface area contributed by atoms with Crippen LogP contribution in [-0.4, -0.2) is 58.2 Å². The average Bonchev–Trinajstić information content (AvgIpc) is 3.07. The van der Waals surface area contributed by atoms with Crippen LogP contribution < -0.4 is 5.32 Å². The van der Waals surface area contributed by atoms with Gasteiger partial charge in [0.15, 0.2) is 0 Å². The highest BCUT2D eigenvalue weighted by atomic mass is 16.2. The molecule has 1 aliphatic rings. The first-order chi connectivity index (χ1) is 19.3. The number of aromatic nitrogens is 1. The molecule has 1 saturated heterocycles. The standard InChI is InChI=1S/C33H36N4O3/c1-22(2)16-30-33(40)36(29(32(39)34-3)19-23-12-13-25-8-4-5-9-26(25)17-23)15-14-31(38)37(30)21-24-18-27-10-6-7-11-28(27)35-20-24/h4-13,17-18,20,22,29-30H,14-16,19,21H2,1-3H3,(H,34,39)/t29-,30+/m0/s1. The van der Waals surface area contributed by atoms with Crippen molar-refractivity contribution in [1.82, 2.24) is 20.1 Å². The summed E-state index contributed by atoms with van der Waals surface area (Å²) in [7, 11) is 1.59. The largest absolute Gasteiger partial charge is 0.357 e. The lowest BCUT2D eigenvalue weighted by Gasteiger charge is -2.35. The van der Waals surface area contributed by atoms with Crippen LogP contribution in [0, 0.1) is 5.92 Å². The monoisotopic (exact) mass is 536 g/mol. The highest BCUT2D eigenvalue weighted by Gasteiger charge is 2.41.